The second-order valence-electron chi connectivity index (χ2n) is 6.06. The molecule has 1 N–H and O–H groups in total. The van der Waals surface area contributed by atoms with E-state index in [1.165, 1.54) is 12.1 Å². The van der Waals surface area contributed by atoms with Crippen LogP contribution < -0.4 is 9.62 Å². The lowest BCUT2D eigenvalue weighted by atomic mass is 10.1. The third-order valence-corrected chi connectivity index (χ3v) is 6.09. The van der Waals surface area contributed by atoms with Gasteiger partial charge in [-0.05, 0) is 67.8 Å². The van der Waals surface area contributed by atoms with Crippen molar-refractivity contribution >= 4 is 43.2 Å². The average Bonchev–Trinajstić information content (AvgIpc) is 2.58. The number of aryl methyl sites for hydroxylation is 1. The molecule has 2 aromatic carbocycles. The van der Waals surface area contributed by atoms with E-state index in [1.54, 1.807) is 29.2 Å². The highest BCUT2D eigenvalue weighted by Gasteiger charge is 2.21. The number of sulfonamides is 1. The third kappa shape index (κ3) is 4.04. The average molecular weight is 423 g/mol. The van der Waals surface area contributed by atoms with Crippen LogP contribution in [0.25, 0.3) is 0 Å². The number of rotatable bonds is 4. The summed E-state index contributed by atoms with van der Waals surface area (Å²) in [5.41, 5.74) is 2.11. The van der Waals surface area contributed by atoms with Gasteiger partial charge in [0.05, 0.1) is 10.6 Å². The van der Waals surface area contributed by atoms with E-state index < -0.39 is 10.0 Å². The molecule has 1 aliphatic rings. The minimum absolute atomic E-state index is 0.0884. The molecule has 0 aliphatic carbocycles. The second kappa shape index (κ2) is 7.17. The zero-order valence-electron chi connectivity index (χ0n) is 13.8. The highest BCUT2D eigenvalue weighted by molar-refractivity contribution is 9.10. The summed E-state index contributed by atoms with van der Waals surface area (Å²) in [6.07, 6.45) is 2.43. The lowest BCUT2D eigenvalue weighted by molar-refractivity contribution is -0.119. The van der Waals surface area contributed by atoms with Crippen molar-refractivity contribution < 1.29 is 13.2 Å². The minimum Gasteiger partial charge on any atom is -0.312 e. The van der Waals surface area contributed by atoms with Gasteiger partial charge in [-0.1, -0.05) is 15.9 Å². The molecule has 0 unspecified atom stereocenters. The fraction of sp³-hybridized carbons (Fsp3) is 0.278. The summed E-state index contributed by atoms with van der Waals surface area (Å²) in [7, 11) is -3.68. The van der Waals surface area contributed by atoms with Crippen LogP contribution in [0.4, 0.5) is 11.4 Å². The van der Waals surface area contributed by atoms with E-state index in [4.69, 9.17) is 0 Å². The molecule has 1 amide bonds. The molecule has 0 radical (unpaired) electrons. The summed E-state index contributed by atoms with van der Waals surface area (Å²) in [4.78, 5) is 13.9. The Morgan fingerprint density at radius 1 is 1.08 bits per heavy atom. The van der Waals surface area contributed by atoms with Crippen molar-refractivity contribution in [2.24, 2.45) is 0 Å². The van der Waals surface area contributed by atoms with Crippen LogP contribution >= 0.6 is 15.9 Å². The predicted molar refractivity (Wildman–Crippen MR) is 102 cm³/mol. The van der Waals surface area contributed by atoms with Gasteiger partial charge >= 0.3 is 0 Å². The predicted octanol–water partition coefficient (Wildman–Crippen LogP) is 4.08. The van der Waals surface area contributed by atoms with E-state index >= 15 is 0 Å². The molecular formula is C18H19BrN2O3S. The van der Waals surface area contributed by atoms with Crippen LogP contribution in [0.15, 0.2) is 51.8 Å². The molecule has 1 heterocycles. The van der Waals surface area contributed by atoms with Crippen LogP contribution in [-0.4, -0.2) is 20.9 Å². The molecule has 7 heteroatoms. The second-order valence-corrected chi connectivity index (χ2v) is 8.66. The SMILES string of the molecule is Cc1cc(Br)ccc1NS(=O)(=O)c1ccc(N2CCCCC2=O)cc1. The van der Waals surface area contributed by atoms with E-state index in [9.17, 15) is 13.2 Å². The quantitative estimate of drug-likeness (QED) is 0.806. The number of nitrogens with zero attached hydrogens (tertiary/aromatic N) is 1. The van der Waals surface area contributed by atoms with Gasteiger partial charge in [0.15, 0.2) is 0 Å². The molecule has 3 rings (SSSR count). The molecule has 5 nitrogen and oxygen atoms in total. The minimum atomic E-state index is -3.68. The highest BCUT2D eigenvalue weighted by Crippen LogP contribution is 2.25. The Morgan fingerprint density at radius 3 is 2.44 bits per heavy atom. The number of hydrogen-bond donors (Lipinski definition) is 1. The van der Waals surface area contributed by atoms with Gasteiger partial charge in [-0.3, -0.25) is 9.52 Å². The topological polar surface area (TPSA) is 66.5 Å². The van der Waals surface area contributed by atoms with Crippen LogP contribution in [0, 0.1) is 6.92 Å². The first kappa shape index (κ1) is 17.9. The molecule has 0 atom stereocenters. The molecular weight excluding hydrogens is 404 g/mol. The van der Waals surface area contributed by atoms with Crippen LogP contribution in [0.1, 0.15) is 24.8 Å². The summed E-state index contributed by atoms with van der Waals surface area (Å²) < 4.78 is 28.7. The van der Waals surface area contributed by atoms with Crippen LogP contribution in [-0.2, 0) is 14.8 Å². The Morgan fingerprint density at radius 2 is 1.80 bits per heavy atom. The van der Waals surface area contributed by atoms with Crippen molar-refractivity contribution in [2.75, 3.05) is 16.2 Å². The number of anilines is 2. The number of hydrogen-bond acceptors (Lipinski definition) is 3. The Kier molecular flexibility index (Phi) is 5.15. The molecule has 0 aromatic heterocycles. The Bertz CT molecular complexity index is 895. The van der Waals surface area contributed by atoms with Crippen molar-refractivity contribution in [3.8, 4) is 0 Å². The molecule has 25 heavy (non-hydrogen) atoms. The zero-order chi connectivity index (χ0) is 18.0. The van der Waals surface area contributed by atoms with Crippen LogP contribution in [0.5, 0.6) is 0 Å². The van der Waals surface area contributed by atoms with E-state index in [2.05, 4.69) is 20.7 Å². The number of nitrogens with one attached hydrogen (secondary N) is 1. The van der Waals surface area contributed by atoms with Crippen molar-refractivity contribution in [1.82, 2.24) is 0 Å². The summed E-state index contributed by atoms with van der Waals surface area (Å²) in [5, 5.41) is 0. The Balaban J connectivity index is 1.81. The largest absolute Gasteiger partial charge is 0.312 e. The van der Waals surface area contributed by atoms with Gasteiger partial charge in [0, 0.05) is 23.1 Å². The molecule has 1 aliphatic heterocycles. The van der Waals surface area contributed by atoms with E-state index in [0.29, 0.717) is 18.7 Å². The van der Waals surface area contributed by atoms with Crippen molar-refractivity contribution in [1.29, 1.82) is 0 Å². The molecule has 0 saturated carbocycles. The maximum absolute atomic E-state index is 12.6. The van der Waals surface area contributed by atoms with Gasteiger partial charge in [0.25, 0.3) is 10.0 Å². The van der Waals surface area contributed by atoms with Crippen LogP contribution in [0.2, 0.25) is 0 Å². The first-order valence-corrected chi connectivity index (χ1v) is 10.3. The van der Waals surface area contributed by atoms with E-state index in [-0.39, 0.29) is 10.8 Å². The molecule has 1 saturated heterocycles. The first-order chi connectivity index (χ1) is 11.9. The molecule has 0 spiro atoms. The van der Waals surface area contributed by atoms with Crippen molar-refractivity contribution in [3.63, 3.8) is 0 Å². The maximum Gasteiger partial charge on any atom is 0.261 e. The number of halogens is 1. The summed E-state index contributed by atoms with van der Waals surface area (Å²) in [6, 6.07) is 11.8. The van der Waals surface area contributed by atoms with Gasteiger partial charge in [0.2, 0.25) is 5.91 Å². The van der Waals surface area contributed by atoms with Gasteiger partial charge in [-0.15, -0.1) is 0 Å². The number of carbonyl (C=O) groups is 1. The number of benzene rings is 2. The summed E-state index contributed by atoms with van der Waals surface area (Å²) in [5.74, 6) is 0.0884. The highest BCUT2D eigenvalue weighted by atomic mass is 79.9. The number of carbonyl (C=O) groups excluding carboxylic acids is 1. The van der Waals surface area contributed by atoms with Crippen molar-refractivity contribution in [2.45, 2.75) is 31.1 Å². The number of piperidine rings is 1. The van der Waals surface area contributed by atoms with E-state index in [1.807, 2.05) is 13.0 Å². The van der Waals surface area contributed by atoms with Gasteiger partial charge in [0.1, 0.15) is 0 Å². The summed E-state index contributed by atoms with van der Waals surface area (Å²) >= 11 is 3.36. The molecule has 1 fully saturated rings. The zero-order valence-corrected chi connectivity index (χ0v) is 16.2. The lowest BCUT2D eigenvalue weighted by Crippen LogP contribution is -2.35. The van der Waals surface area contributed by atoms with E-state index in [0.717, 1.165) is 28.6 Å². The standard InChI is InChI=1S/C18H19BrN2O3S/c1-13-12-14(19)5-10-17(13)20-25(23,24)16-8-6-15(7-9-16)21-11-3-2-4-18(21)22/h5-10,12,20H,2-4,11H2,1H3. The molecule has 0 bridgehead atoms. The Hall–Kier alpha value is -1.86. The first-order valence-electron chi connectivity index (χ1n) is 8.06. The lowest BCUT2D eigenvalue weighted by Gasteiger charge is -2.26. The fourth-order valence-electron chi connectivity index (χ4n) is 2.83. The van der Waals surface area contributed by atoms with Gasteiger partial charge in [-0.2, -0.15) is 0 Å². The normalized spacial score (nSPS) is 15.3. The molecule has 132 valence electrons. The Labute approximate surface area is 156 Å². The molecule has 2 aromatic rings. The van der Waals surface area contributed by atoms with Gasteiger partial charge in [-0.25, -0.2) is 8.42 Å². The van der Waals surface area contributed by atoms with Crippen LogP contribution in [0.3, 0.4) is 0 Å². The maximum atomic E-state index is 12.6. The van der Waals surface area contributed by atoms with Gasteiger partial charge < -0.3 is 4.90 Å². The smallest absolute Gasteiger partial charge is 0.261 e. The number of amides is 1. The summed E-state index contributed by atoms with van der Waals surface area (Å²) in [6.45, 7) is 2.52. The fourth-order valence-corrected chi connectivity index (χ4v) is 4.44. The third-order valence-electron chi connectivity index (χ3n) is 4.21. The van der Waals surface area contributed by atoms with Crippen molar-refractivity contribution in [3.05, 3.63) is 52.5 Å². The monoisotopic (exact) mass is 422 g/mol.